The van der Waals surface area contributed by atoms with E-state index in [0.29, 0.717) is 0 Å². The van der Waals surface area contributed by atoms with Gasteiger partial charge in [0.2, 0.25) is 0 Å². The molecule has 1 amide bonds. The Morgan fingerprint density at radius 1 is 1.25 bits per heavy atom. The number of likely N-dealkylation sites (tertiary alicyclic amines) is 1. The van der Waals surface area contributed by atoms with Gasteiger partial charge >= 0.3 is 0 Å². The summed E-state index contributed by atoms with van der Waals surface area (Å²) in [6, 6.07) is 8.02. The van der Waals surface area contributed by atoms with Crippen LogP contribution in [0.2, 0.25) is 0 Å². The van der Waals surface area contributed by atoms with Crippen molar-refractivity contribution in [3.05, 3.63) is 29.8 Å². The van der Waals surface area contributed by atoms with Crippen LogP contribution in [0.1, 0.15) is 56.3 Å². The highest BCUT2D eigenvalue weighted by atomic mass is 16.5. The molecular weight excluding hydrogens is 300 g/mol. The number of hydrogen-bond acceptors (Lipinski definition) is 3. The highest BCUT2D eigenvalue weighted by Gasteiger charge is 2.24. The first kappa shape index (κ1) is 18.8. The molecule has 24 heavy (non-hydrogen) atoms. The monoisotopic (exact) mass is 332 g/mol. The van der Waals surface area contributed by atoms with E-state index in [0.717, 1.165) is 51.1 Å². The van der Waals surface area contributed by atoms with Gasteiger partial charge in [0, 0.05) is 44.5 Å². The van der Waals surface area contributed by atoms with Crippen molar-refractivity contribution in [3.63, 3.8) is 0 Å². The first-order valence-corrected chi connectivity index (χ1v) is 9.37. The van der Waals surface area contributed by atoms with Crippen LogP contribution >= 0.6 is 0 Å². The van der Waals surface area contributed by atoms with E-state index in [4.69, 9.17) is 4.74 Å². The van der Waals surface area contributed by atoms with Gasteiger partial charge in [0.1, 0.15) is 0 Å². The summed E-state index contributed by atoms with van der Waals surface area (Å²) in [4.78, 5) is 16.9. The Balaban J connectivity index is 1.94. The summed E-state index contributed by atoms with van der Waals surface area (Å²) in [5.74, 6) is 0.127. The topological polar surface area (TPSA) is 32.8 Å². The molecule has 0 radical (unpaired) electrons. The van der Waals surface area contributed by atoms with E-state index in [9.17, 15) is 4.79 Å². The molecule has 0 aliphatic carbocycles. The predicted octanol–water partition coefficient (Wildman–Crippen LogP) is 3.95. The van der Waals surface area contributed by atoms with Gasteiger partial charge in [0.15, 0.2) is 0 Å². The average molecular weight is 332 g/mol. The Bertz CT molecular complexity index is 501. The Morgan fingerprint density at radius 3 is 2.67 bits per heavy atom. The molecule has 1 aliphatic heterocycles. The van der Waals surface area contributed by atoms with Gasteiger partial charge < -0.3 is 14.5 Å². The fourth-order valence-electron chi connectivity index (χ4n) is 3.11. The number of unbranched alkanes of at least 4 members (excludes halogenated alkanes) is 1. The highest BCUT2D eigenvalue weighted by molar-refractivity contribution is 5.94. The molecule has 1 aromatic carbocycles. The average Bonchev–Trinajstić information content (AvgIpc) is 2.64. The minimum absolute atomic E-state index is 0.127. The highest BCUT2D eigenvalue weighted by Crippen LogP contribution is 2.19. The maximum absolute atomic E-state index is 12.7. The van der Waals surface area contributed by atoms with Crippen LogP contribution in [-0.4, -0.2) is 50.2 Å². The number of carbonyl (C=O) groups is 1. The van der Waals surface area contributed by atoms with Gasteiger partial charge in [-0.15, -0.1) is 0 Å². The van der Waals surface area contributed by atoms with Crippen molar-refractivity contribution in [2.75, 3.05) is 38.2 Å². The molecular formula is C20H32N2O2. The fraction of sp³-hybridized carbons (Fsp3) is 0.650. The quantitative estimate of drug-likeness (QED) is 0.722. The molecule has 2 rings (SSSR count). The lowest BCUT2D eigenvalue weighted by molar-refractivity contribution is 0.00211. The van der Waals surface area contributed by atoms with Gasteiger partial charge in [0.05, 0.1) is 6.10 Å². The van der Waals surface area contributed by atoms with E-state index in [1.54, 1.807) is 0 Å². The van der Waals surface area contributed by atoms with Crippen molar-refractivity contribution in [2.24, 2.45) is 0 Å². The second kappa shape index (κ2) is 9.67. The van der Waals surface area contributed by atoms with Gasteiger partial charge in [-0.3, -0.25) is 4.79 Å². The van der Waals surface area contributed by atoms with E-state index < -0.39 is 0 Å². The second-order valence-corrected chi connectivity index (χ2v) is 6.71. The zero-order chi connectivity index (χ0) is 17.4. The number of ether oxygens (including phenoxy) is 1. The van der Waals surface area contributed by atoms with Crippen molar-refractivity contribution in [1.29, 1.82) is 0 Å². The van der Waals surface area contributed by atoms with Crippen molar-refractivity contribution < 1.29 is 9.53 Å². The lowest BCUT2D eigenvalue weighted by Crippen LogP contribution is -2.43. The maximum Gasteiger partial charge on any atom is 0.253 e. The van der Waals surface area contributed by atoms with Gasteiger partial charge in [-0.25, -0.2) is 0 Å². The molecule has 0 bridgehead atoms. The number of amides is 1. The van der Waals surface area contributed by atoms with Gasteiger partial charge in [-0.1, -0.05) is 20.3 Å². The SMILES string of the molecule is CCCCN(C)c1ccc(C(=O)N2CCCC(OCCC)C2)cc1. The summed E-state index contributed by atoms with van der Waals surface area (Å²) in [5, 5.41) is 0. The number of hydrogen-bond donors (Lipinski definition) is 0. The Hall–Kier alpha value is -1.55. The molecule has 1 unspecified atom stereocenters. The van der Waals surface area contributed by atoms with Crippen molar-refractivity contribution in [3.8, 4) is 0 Å². The molecule has 1 aromatic rings. The second-order valence-electron chi connectivity index (χ2n) is 6.71. The third kappa shape index (κ3) is 5.23. The minimum atomic E-state index is 0.127. The zero-order valence-electron chi connectivity index (χ0n) is 15.5. The first-order chi connectivity index (χ1) is 11.7. The minimum Gasteiger partial charge on any atom is -0.376 e. The van der Waals surface area contributed by atoms with Gasteiger partial charge in [0.25, 0.3) is 5.91 Å². The fourth-order valence-corrected chi connectivity index (χ4v) is 3.11. The van der Waals surface area contributed by atoms with Crippen LogP contribution in [-0.2, 0) is 4.74 Å². The van der Waals surface area contributed by atoms with Crippen LogP contribution in [0.15, 0.2) is 24.3 Å². The van der Waals surface area contributed by atoms with Gasteiger partial charge in [-0.05, 0) is 49.9 Å². The molecule has 0 spiro atoms. The molecule has 0 N–H and O–H groups in total. The number of benzene rings is 1. The van der Waals surface area contributed by atoms with E-state index in [-0.39, 0.29) is 12.0 Å². The lowest BCUT2D eigenvalue weighted by Gasteiger charge is -2.32. The Labute approximate surface area is 146 Å². The summed E-state index contributed by atoms with van der Waals surface area (Å²) in [5.41, 5.74) is 1.95. The molecule has 1 heterocycles. The molecule has 134 valence electrons. The van der Waals surface area contributed by atoms with Crippen LogP contribution in [0, 0.1) is 0 Å². The van der Waals surface area contributed by atoms with Crippen molar-refractivity contribution in [2.45, 2.75) is 52.1 Å². The van der Waals surface area contributed by atoms with Crippen LogP contribution < -0.4 is 4.90 Å². The number of carbonyl (C=O) groups excluding carboxylic acids is 1. The third-order valence-corrected chi connectivity index (χ3v) is 4.63. The van der Waals surface area contributed by atoms with Crippen LogP contribution in [0.5, 0.6) is 0 Å². The van der Waals surface area contributed by atoms with Gasteiger partial charge in [-0.2, -0.15) is 0 Å². The predicted molar refractivity (Wildman–Crippen MR) is 99.8 cm³/mol. The normalized spacial score (nSPS) is 17.8. The number of piperidine rings is 1. The Kier molecular flexibility index (Phi) is 7.57. The smallest absolute Gasteiger partial charge is 0.253 e. The van der Waals surface area contributed by atoms with Crippen LogP contribution in [0.25, 0.3) is 0 Å². The molecule has 1 atom stereocenters. The van der Waals surface area contributed by atoms with E-state index in [2.05, 4.69) is 37.9 Å². The molecule has 0 saturated carbocycles. The summed E-state index contributed by atoms with van der Waals surface area (Å²) in [6.07, 6.45) is 5.68. The van der Waals surface area contributed by atoms with Crippen LogP contribution in [0.3, 0.4) is 0 Å². The summed E-state index contributed by atoms with van der Waals surface area (Å²) in [6.45, 7) is 7.70. The summed E-state index contributed by atoms with van der Waals surface area (Å²) in [7, 11) is 2.10. The zero-order valence-corrected chi connectivity index (χ0v) is 15.5. The number of rotatable bonds is 8. The van der Waals surface area contributed by atoms with E-state index in [1.807, 2.05) is 17.0 Å². The molecule has 4 heteroatoms. The Morgan fingerprint density at radius 2 is 2.00 bits per heavy atom. The molecule has 1 saturated heterocycles. The first-order valence-electron chi connectivity index (χ1n) is 9.37. The molecule has 0 aromatic heterocycles. The summed E-state index contributed by atoms with van der Waals surface area (Å²) < 4.78 is 5.84. The number of anilines is 1. The molecule has 1 aliphatic rings. The van der Waals surface area contributed by atoms with Crippen molar-refractivity contribution in [1.82, 2.24) is 4.90 Å². The largest absolute Gasteiger partial charge is 0.376 e. The number of nitrogens with zero attached hydrogens (tertiary/aromatic N) is 2. The standard InChI is InChI=1S/C20H32N2O2/c1-4-6-13-21(3)18-11-9-17(10-12-18)20(23)22-14-7-8-19(16-22)24-15-5-2/h9-12,19H,4-8,13-16H2,1-3H3. The van der Waals surface area contributed by atoms with Crippen molar-refractivity contribution >= 4 is 11.6 Å². The molecule has 1 fully saturated rings. The van der Waals surface area contributed by atoms with E-state index in [1.165, 1.54) is 18.5 Å². The molecule has 4 nitrogen and oxygen atoms in total. The maximum atomic E-state index is 12.7. The lowest BCUT2D eigenvalue weighted by atomic mass is 10.1. The van der Waals surface area contributed by atoms with Crippen LogP contribution in [0.4, 0.5) is 5.69 Å². The van der Waals surface area contributed by atoms with E-state index >= 15 is 0 Å². The third-order valence-electron chi connectivity index (χ3n) is 4.63. The summed E-state index contributed by atoms with van der Waals surface area (Å²) >= 11 is 0.